The molecule has 0 aromatic carbocycles. The maximum Gasteiger partial charge on any atom is 0.213 e. The molecular weight excluding hydrogens is 262 g/mol. The Morgan fingerprint density at radius 3 is 2.89 bits per heavy atom. The topological polar surface area (TPSA) is 37.4 Å². The highest BCUT2D eigenvalue weighted by molar-refractivity contribution is 6.31. The van der Waals surface area contributed by atoms with E-state index in [4.69, 9.17) is 16.3 Å². The standard InChI is InChI=1S/C14H22ClN3O/c1-2-16-11-13-12(15)5-6-14(17-13)19-10-9-18-7-3-4-8-18/h5-6,16H,2-4,7-11H2,1H3. The van der Waals surface area contributed by atoms with Gasteiger partial charge in [0, 0.05) is 19.2 Å². The number of hydrogen-bond donors (Lipinski definition) is 1. The summed E-state index contributed by atoms with van der Waals surface area (Å²) in [6.07, 6.45) is 2.62. The molecule has 2 heterocycles. The second kappa shape index (κ2) is 7.68. The Hall–Kier alpha value is -0.840. The molecule has 2 rings (SSSR count). The third kappa shape index (κ3) is 4.64. The summed E-state index contributed by atoms with van der Waals surface area (Å²) in [5.41, 5.74) is 0.849. The number of hydrogen-bond acceptors (Lipinski definition) is 4. The van der Waals surface area contributed by atoms with E-state index >= 15 is 0 Å². The quantitative estimate of drug-likeness (QED) is 0.833. The van der Waals surface area contributed by atoms with Crippen molar-refractivity contribution >= 4 is 11.6 Å². The van der Waals surface area contributed by atoms with Gasteiger partial charge in [0.15, 0.2) is 0 Å². The summed E-state index contributed by atoms with van der Waals surface area (Å²) < 4.78 is 5.70. The highest BCUT2D eigenvalue weighted by Gasteiger charge is 2.11. The Labute approximate surface area is 120 Å². The first kappa shape index (κ1) is 14.6. The zero-order valence-corrected chi connectivity index (χ0v) is 12.2. The molecule has 1 aliphatic rings. The summed E-state index contributed by atoms with van der Waals surface area (Å²) in [5.74, 6) is 0.663. The minimum Gasteiger partial charge on any atom is -0.476 e. The van der Waals surface area contributed by atoms with Crippen LogP contribution in [0.4, 0.5) is 0 Å². The Morgan fingerprint density at radius 1 is 1.37 bits per heavy atom. The highest BCUT2D eigenvalue weighted by Crippen LogP contribution is 2.18. The average molecular weight is 284 g/mol. The van der Waals surface area contributed by atoms with Gasteiger partial charge in [0.1, 0.15) is 6.61 Å². The van der Waals surface area contributed by atoms with Gasteiger partial charge in [0.25, 0.3) is 0 Å². The Bertz CT molecular complexity index is 394. The summed E-state index contributed by atoms with van der Waals surface area (Å²) in [6.45, 7) is 7.70. The minimum absolute atomic E-state index is 0.663. The Morgan fingerprint density at radius 2 is 2.16 bits per heavy atom. The molecule has 106 valence electrons. The lowest BCUT2D eigenvalue weighted by Gasteiger charge is -2.15. The van der Waals surface area contributed by atoms with Crippen molar-refractivity contribution in [2.75, 3.05) is 32.8 Å². The molecule has 1 aromatic rings. The predicted octanol–water partition coefficient (Wildman–Crippen LogP) is 2.32. The molecule has 1 saturated heterocycles. The van der Waals surface area contributed by atoms with Crippen LogP contribution in [0, 0.1) is 0 Å². The lowest BCUT2D eigenvalue weighted by Crippen LogP contribution is -2.25. The van der Waals surface area contributed by atoms with Gasteiger partial charge in [0.05, 0.1) is 10.7 Å². The van der Waals surface area contributed by atoms with Gasteiger partial charge < -0.3 is 10.1 Å². The molecule has 0 radical (unpaired) electrons. The van der Waals surface area contributed by atoms with Crippen LogP contribution < -0.4 is 10.1 Å². The van der Waals surface area contributed by atoms with Gasteiger partial charge in [-0.25, -0.2) is 4.98 Å². The van der Waals surface area contributed by atoms with Crippen LogP contribution >= 0.6 is 11.6 Å². The zero-order valence-electron chi connectivity index (χ0n) is 11.5. The van der Waals surface area contributed by atoms with Crippen LogP contribution in [-0.2, 0) is 6.54 Å². The van der Waals surface area contributed by atoms with Gasteiger partial charge >= 0.3 is 0 Å². The Kier molecular flexibility index (Phi) is 5.89. The second-order valence-corrected chi connectivity index (χ2v) is 5.16. The number of halogens is 1. The number of pyridine rings is 1. The average Bonchev–Trinajstić information content (AvgIpc) is 2.92. The smallest absolute Gasteiger partial charge is 0.213 e. The minimum atomic E-state index is 0.663. The summed E-state index contributed by atoms with van der Waals surface area (Å²) in [5, 5.41) is 3.91. The van der Waals surface area contributed by atoms with E-state index in [-0.39, 0.29) is 0 Å². The van der Waals surface area contributed by atoms with Crippen LogP contribution in [0.2, 0.25) is 5.02 Å². The number of rotatable bonds is 7. The molecule has 5 heteroatoms. The largest absolute Gasteiger partial charge is 0.476 e. The molecule has 1 N–H and O–H groups in total. The second-order valence-electron chi connectivity index (χ2n) is 4.76. The third-order valence-corrected chi connectivity index (χ3v) is 3.64. The number of aromatic nitrogens is 1. The van der Waals surface area contributed by atoms with Crippen LogP contribution in [0.1, 0.15) is 25.5 Å². The molecule has 1 fully saturated rings. The molecular formula is C14H22ClN3O. The van der Waals surface area contributed by atoms with Crippen molar-refractivity contribution in [3.8, 4) is 5.88 Å². The van der Waals surface area contributed by atoms with Gasteiger partial charge in [-0.05, 0) is 38.5 Å². The molecule has 19 heavy (non-hydrogen) atoms. The first-order valence-corrected chi connectivity index (χ1v) is 7.38. The molecule has 0 saturated carbocycles. The first-order chi connectivity index (χ1) is 9.29. The van der Waals surface area contributed by atoms with Gasteiger partial charge in [-0.15, -0.1) is 0 Å². The van der Waals surface area contributed by atoms with Crippen molar-refractivity contribution in [3.63, 3.8) is 0 Å². The van der Waals surface area contributed by atoms with Crippen LogP contribution in [0.25, 0.3) is 0 Å². The lowest BCUT2D eigenvalue weighted by atomic mass is 10.3. The zero-order chi connectivity index (χ0) is 13.5. The van der Waals surface area contributed by atoms with E-state index in [0.29, 0.717) is 24.1 Å². The summed E-state index contributed by atoms with van der Waals surface area (Å²) in [6, 6.07) is 3.69. The molecule has 0 spiro atoms. The number of nitrogens with zero attached hydrogens (tertiary/aromatic N) is 2. The van der Waals surface area contributed by atoms with Crippen molar-refractivity contribution < 1.29 is 4.74 Å². The number of nitrogens with one attached hydrogen (secondary N) is 1. The van der Waals surface area contributed by atoms with Crippen LogP contribution in [-0.4, -0.2) is 42.7 Å². The summed E-state index contributed by atoms with van der Waals surface area (Å²) in [7, 11) is 0. The molecule has 0 unspecified atom stereocenters. The maximum absolute atomic E-state index is 6.10. The van der Waals surface area contributed by atoms with Gasteiger partial charge in [-0.2, -0.15) is 0 Å². The summed E-state index contributed by atoms with van der Waals surface area (Å²) >= 11 is 6.10. The summed E-state index contributed by atoms with van der Waals surface area (Å²) in [4.78, 5) is 6.86. The third-order valence-electron chi connectivity index (χ3n) is 3.29. The van der Waals surface area contributed by atoms with Crippen molar-refractivity contribution in [2.45, 2.75) is 26.3 Å². The lowest BCUT2D eigenvalue weighted by molar-refractivity contribution is 0.231. The Balaban J connectivity index is 1.81. The van der Waals surface area contributed by atoms with Crippen molar-refractivity contribution in [1.82, 2.24) is 15.2 Å². The predicted molar refractivity (Wildman–Crippen MR) is 77.8 cm³/mol. The SMILES string of the molecule is CCNCc1nc(OCCN2CCCC2)ccc1Cl. The van der Waals surface area contributed by atoms with E-state index in [1.165, 1.54) is 25.9 Å². The monoisotopic (exact) mass is 283 g/mol. The number of likely N-dealkylation sites (tertiary alicyclic amines) is 1. The van der Waals surface area contributed by atoms with Crippen LogP contribution in [0.15, 0.2) is 12.1 Å². The molecule has 1 aliphatic heterocycles. The maximum atomic E-state index is 6.10. The molecule has 1 aromatic heterocycles. The molecule has 0 amide bonds. The first-order valence-electron chi connectivity index (χ1n) is 7.01. The fraction of sp³-hybridized carbons (Fsp3) is 0.643. The van der Waals surface area contributed by atoms with Crippen molar-refractivity contribution in [2.24, 2.45) is 0 Å². The van der Waals surface area contributed by atoms with E-state index < -0.39 is 0 Å². The fourth-order valence-electron chi connectivity index (χ4n) is 2.20. The van der Waals surface area contributed by atoms with Gasteiger partial charge in [-0.3, -0.25) is 4.90 Å². The number of ether oxygens (including phenoxy) is 1. The van der Waals surface area contributed by atoms with E-state index in [1.54, 1.807) is 0 Å². The molecule has 0 aliphatic carbocycles. The van der Waals surface area contributed by atoms with Gasteiger partial charge in [-0.1, -0.05) is 18.5 Å². The normalized spacial score (nSPS) is 15.9. The molecule has 0 atom stereocenters. The van der Waals surface area contributed by atoms with E-state index in [0.717, 1.165) is 18.8 Å². The van der Waals surface area contributed by atoms with Gasteiger partial charge in [0.2, 0.25) is 5.88 Å². The van der Waals surface area contributed by atoms with E-state index in [2.05, 4.69) is 22.1 Å². The highest BCUT2D eigenvalue weighted by atomic mass is 35.5. The van der Waals surface area contributed by atoms with E-state index in [9.17, 15) is 0 Å². The van der Waals surface area contributed by atoms with Crippen LogP contribution in [0.5, 0.6) is 5.88 Å². The fourth-order valence-corrected chi connectivity index (χ4v) is 2.37. The van der Waals surface area contributed by atoms with Crippen molar-refractivity contribution in [1.29, 1.82) is 0 Å². The van der Waals surface area contributed by atoms with E-state index in [1.807, 2.05) is 12.1 Å². The molecule has 0 bridgehead atoms. The van der Waals surface area contributed by atoms with Crippen molar-refractivity contribution in [3.05, 3.63) is 22.8 Å². The van der Waals surface area contributed by atoms with Crippen LogP contribution in [0.3, 0.4) is 0 Å². The molecule has 4 nitrogen and oxygen atoms in total.